The number of likely N-dealkylation sites (tertiary alicyclic amines) is 1. The largest absolute Gasteiger partial charge is 0.495 e. The number of aryl methyl sites for hydroxylation is 1. The number of hydrogen-bond donors (Lipinski definition) is 2. The van der Waals surface area contributed by atoms with Gasteiger partial charge in [0.25, 0.3) is 0 Å². The standard InChI is InChI=1S/C21H22N2O5/c1-13-3-5-14(6-4-13)11-23-12-16(10-19(23)24)20(25)22-17-8-7-15(21(26)27)9-18(17)28-2/h3-9,16H,10-12H2,1-2H3,(H,22,25)(H,26,27). The van der Waals surface area contributed by atoms with Crippen molar-refractivity contribution in [2.45, 2.75) is 19.9 Å². The third kappa shape index (κ3) is 4.31. The van der Waals surface area contributed by atoms with E-state index in [2.05, 4.69) is 5.32 Å². The molecular weight excluding hydrogens is 360 g/mol. The van der Waals surface area contributed by atoms with Gasteiger partial charge in [-0.1, -0.05) is 29.8 Å². The van der Waals surface area contributed by atoms with Crippen molar-refractivity contribution in [3.8, 4) is 5.75 Å². The van der Waals surface area contributed by atoms with Crippen LogP contribution in [0, 0.1) is 12.8 Å². The molecular formula is C21H22N2O5. The van der Waals surface area contributed by atoms with Crippen molar-refractivity contribution in [1.29, 1.82) is 0 Å². The molecule has 0 aliphatic carbocycles. The quantitative estimate of drug-likeness (QED) is 0.801. The number of carboxylic acids is 1. The van der Waals surface area contributed by atoms with Gasteiger partial charge in [0.05, 0.1) is 24.3 Å². The van der Waals surface area contributed by atoms with Gasteiger partial charge >= 0.3 is 5.97 Å². The number of aromatic carboxylic acids is 1. The molecule has 7 heteroatoms. The molecule has 0 aromatic heterocycles. The highest BCUT2D eigenvalue weighted by molar-refractivity contribution is 5.99. The number of methoxy groups -OCH3 is 1. The van der Waals surface area contributed by atoms with Crippen LogP contribution < -0.4 is 10.1 Å². The van der Waals surface area contributed by atoms with E-state index in [1.807, 2.05) is 31.2 Å². The van der Waals surface area contributed by atoms with Gasteiger partial charge in [-0.15, -0.1) is 0 Å². The number of amides is 2. The van der Waals surface area contributed by atoms with E-state index >= 15 is 0 Å². The first-order valence-corrected chi connectivity index (χ1v) is 8.93. The Kier molecular flexibility index (Phi) is 5.63. The molecule has 0 radical (unpaired) electrons. The Labute approximate surface area is 162 Å². The van der Waals surface area contributed by atoms with Crippen LogP contribution in [0.15, 0.2) is 42.5 Å². The van der Waals surface area contributed by atoms with E-state index < -0.39 is 11.9 Å². The molecule has 0 saturated carbocycles. The predicted molar refractivity (Wildman–Crippen MR) is 103 cm³/mol. The van der Waals surface area contributed by atoms with Gasteiger partial charge in [-0.2, -0.15) is 0 Å². The summed E-state index contributed by atoms with van der Waals surface area (Å²) in [7, 11) is 1.40. The summed E-state index contributed by atoms with van der Waals surface area (Å²) < 4.78 is 5.18. The maximum Gasteiger partial charge on any atom is 0.335 e. The molecule has 1 fully saturated rings. The summed E-state index contributed by atoms with van der Waals surface area (Å²) in [5.41, 5.74) is 2.61. The highest BCUT2D eigenvalue weighted by atomic mass is 16.5. The van der Waals surface area contributed by atoms with Crippen molar-refractivity contribution < 1.29 is 24.2 Å². The molecule has 7 nitrogen and oxygen atoms in total. The molecule has 1 unspecified atom stereocenters. The van der Waals surface area contributed by atoms with Crippen LogP contribution in [0.3, 0.4) is 0 Å². The van der Waals surface area contributed by atoms with Gasteiger partial charge in [0.15, 0.2) is 0 Å². The van der Waals surface area contributed by atoms with Crippen LogP contribution in [0.25, 0.3) is 0 Å². The lowest BCUT2D eigenvalue weighted by molar-refractivity contribution is -0.128. The highest BCUT2D eigenvalue weighted by Crippen LogP contribution is 2.28. The zero-order chi connectivity index (χ0) is 20.3. The van der Waals surface area contributed by atoms with Gasteiger partial charge in [0.1, 0.15) is 5.75 Å². The number of carboxylic acid groups (broad SMARTS) is 1. The number of rotatable bonds is 6. The number of nitrogens with one attached hydrogen (secondary N) is 1. The van der Waals surface area contributed by atoms with Gasteiger partial charge in [0, 0.05) is 19.5 Å². The Hall–Kier alpha value is -3.35. The second-order valence-electron chi connectivity index (χ2n) is 6.87. The molecule has 1 atom stereocenters. The number of hydrogen-bond acceptors (Lipinski definition) is 4. The van der Waals surface area contributed by atoms with Crippen LogP contribution in [0.2, 0.25) is 0 Å². The van der Waals surface area contributed by atoms with Crippen LogP contribution >= 0.6 is 0 Å². The first kappa shape index (κ1) is 19.4. The van der Waals surface area contributed by atoms with Crippen LogP contribution in [-0.2, 0) is 16.1 Å². The van der Waals surface area contributed by atoms with E-state index in [-0.39, 0.29) is 29.5 Å². The smallest absolute Gasteiger partial charge is 0.335 e. The Morgan fingerprint density at radius 2 is 1.93 bits per heavy atom. The molecule has 146 valence electrons. The predicted octanol–water partition coefficient (Wildman–Crippen LogP) is 2.69. The number of anilines is 1. The van der Waals surface area contributed by atoms with E-state index in [4.69, 9.17) is 9.84 Å². The van der Waals surface area contributed by atoms with Crippen LogP contribution in [-0.4, -0.2) is 41.4 Å². The number of carbonyl (C=O) groups excluding carboxylic acids is 2. The summed E-state index contributed by atoms with van der Waals surface area (Å²) in [4.78, 5) is 37.7. The van der Waals surface area contributed by atoms with Crippen LogP contribution in [0.5, 0.6) is 5.75 Å². The summed E-state index contributed by atoms with van der Waals surface area (Å²) in [6.45, 7) is 2.82. The third-order valence-electron chi connectivity index (χ3n) is 4.79. The van der Waals surface area contributed by atoms with Crippen molar-refractivity contribution in [1.82, 2.24) is 4.90 Å². The fourth-order valence-electron chi connectivity index (χ4n) is 3.18. The molecule has 3 rings (SSSR count). The second-order valence-corrected chi connectivity index (χ2v) is 6.87. The molecule has 2 aromatic rings. The maximum absolute atomic E-state index is 12.6. The number of carbonyl (C=O) groups is 3. The van der Waals surface area contributed by atoms with Crippen molar-refractivity contribution in [2.75, 3.05) is 19.0 Å². The lowest BCUT2D eigenvalue weighted by Crippen LogP contribution is -2.28. The van der Waals surface area contributed by atoms with Crippen molar-refractivity contribution in [3.05, 3.63) is 59.2 Å². The van der Waals surface area contributed by atoms with E-state index in [0.717, 1.165) is 11.1 Å². The van der Waals surface area contributed by atoms with Gasteiger partial charge in [-0.3, -0.25) is 9.59 Å². The minimum Gasteiger partial charge on any atom is -0.495 e. The Morgan fingerprint density at radius 3 is 2.57 bits per heavy atom. The molecule has 0 spiro atoms. The average Bonchev–Trinajstić information content (AvgIpc) is 3.04. The van der Waals surface area contributed by atoms with Gasteiger partial charge in [0.2, 0.25) is 11.8 Å². The molecule has 28 heavy (non-hydrogen) atoms. The lowest BCUT2D eigenvalue weighted by Gasteiger charge is -2.17. The van der Waals surface area contributed by atoms with Gasteiger partial charge in [-0.25, -0.2) is 4.79 Å². The number of nitrogens with zero attached hydrogens (tertiary/aromatic N) is 1. The molecule has 1 heterocycles. The normalized spacial score (nSPS) is 16.1. The SMILES string of the molecule is COc1cc(C(=O)O)ccc1NC(=O)C1CC(=O)N(Cc2ccc(C)cc2)C1. The van der Waals surface area contributed by atoms with Crippen LogP contribution in [0.4, 0.5) is 5.69 Å². The van der Waals surface area contributed by atoms with Crippen molar-refractivity contribution >= 4 is 23.5 Å². The fourth-order valence-corrected chi connectivity index (χ4v) is 3.18. The Balaban J connectivity index is 1.66. The molecule has 2 amide bonds. The Bertz CT molecular complexity index is 908. The first-order chi connectivity index (χ1) is 13.4. The van der Waals surface area contributed by atoms with E-state index in [1.54, 1.807) is 4.90 Å². The monoisotopic (exact) mass is 382 g/mol. The number of ether oxygens (including phenoxy) is 1. The minimum absolute atomic E-state index is 0.0612. The Morgan fingerprint density at radius 1 is 1.21 bits per heavy atom. The summed E-state index contributed by atoms with van der Waals surface area (Å²) >= 11 is 0. The molecule has 0 bridgehead atoms. The molecule has 1 saturated heterocycles. The zero-order valence-electron chi connectivity index (χ0n) is 15.8. The number of benzene rings is 2. The summed E-state index contributed by atoms with van der Waals surface area (Å²) in [6, 6.07) is 12.2. The lowest BCUT2D eigenvalue weighted by atomic mass is 10.1. The topological polar surface area (TPSA) is 95.9 Å². The first-order valence-electron chi connectivity index (χ1n) is 8.93. The fraction of sp³-hybridized carbons (Fsp3) is 0.286. The summed E-state index contributed by atoms with van der Waals surface area (Å²) in [6.07, 6.45) is 0.146. The van der Waals surface area contributed by atoms with Crippen LogP contribution in [0.1, 0.15) is 27.9 Å². The highest BCUT2D eigenvalue weighted by Gasteiger charge is 2.34. The van der Waals surface area contributed by atoms with E-state index in [0.29, 0.717) is 18.8 Å². The zero-order valence-corrected chi connectivity index (χ0v) is 15.8. The average molecular weight is 382 g/mol. The summed E-state index contributed by atoms with van der Waals surface area (Å²) in [5.74, 6) is -1.64. The van der Waals surface area contributed by atoms with Crippen molar-refractivity contribution in [2.24, 2.45) is 5.92 Å². The molecule has 1 aliphatic heterocycles. The van der Waals surface area contributed by atoms with E-state index in [1.165, 1.54) is 25.3 Å². The summed E-state index contributed by atoms with van der Waals surface area (Å²) in [5, 5.41) is 11.8. The van der Waals surface area contributed by atoms with Gasteiger partial charge in [-0.05, 0) is 30.7 Å². The molecule has 1 aliphatic rings. The second kappa shape index (κ2) is 8.12. The third-order valence-corrected chi connectivity index (χ3v) is 4.79. The molecule has 2 N–H and O–H groups in total. The minimum atomic E-state index is -1.08. The molecule has 2 aromatic carbocycles. The van der Waals surface area contributed by atoms with Gasteiger partial charge < -0.3 is 20.1 Å². The van der Waals surface area contributed by atoms with Crippen molar-refractivity contribution in [3.63, 3.8) is 0 Å². The van der Waals surface area contributed by atoms with E-state index in [9.17, 15) is 14.4 Å². The maximum atomic E-state index is 12.6.